The highest BCUT2D eigenvalue weighted by molar-refractivity contribution is 5.39. The zero-order chi connectivity index (χ0) is 13.9. The van der Waals surface area contributed by atoms with Crippen LogP contribution in [-0.2, 0) is 6.54 Å². The molecule has 2 aromatic carbocycles. The van der Waals surface area contributed by atoms with Crippen molar-refractivity contribution < 1.29 is 9.84 Å². The fourth-order valence-electron chi connectivity index (χ4n) is 2.56. The predicted molar refractivity (Wildman–Crippen MR) is 79.1 cm³/mol. The molecule has 1 aliphatic carbocycles. The van der Waals surface area contributed by atoms with Gasteiger partial charge < -0.3 is 15.2 Å². The minimum atomic E-state index is 0.315. The molecule has 1 saturated carbocycles. The van der Waals surface area contributed by atoms with E-state index in [2.05, 4.69) is 29.6 Å². The molecular weight excluding hydrogens is 250 g/mol. The van der Waals surface area contributed by atoms with Gasteiger partial charge in [0.05, 0.1) is 7.11 Å². The molecule has 3 nitrogen and oxygen atoms in total. The number of aromatic hydroxyl groups is 1. The highest BCUT2D eigenvalue weighted by Crippen LogP contribution is 2.41. The van der Waals surface area contributed by atoms with Crippen LogP contribution < -0.4 is 10.1 Å². The molecule has 0 saturated heterocycles. The molecule has 0 aromatic heterocycles. The van der Waals surface area contributed by atoms with Gasteiger partial charge in [-0.15, -0.1) is 0 Å². The highest BCUT2D eigenvalue weighted by Gasteiger charge is 2.37. The third-order valence-electron chi connectivity index (χ3n) is 3.86. The van der Waals surface area contributed by atoms with Crippen molar-refractivity contribution in [2.24, 2.45) is 0 Å². The Hall–Kier alpha value is -2.00. The van der Waals surface area contributed by atoms with Gasteiger partial charge in [-0.25, -0.2) is 0 Å². The molecule has 0 bridgehead atoms. The van der Waals surface area contributed by atoms with E-state index in [1.807, 2.05) is 12.1 Å². The lowest BCUT2D eigenvalue weighted by molar-refractivity contribution is 0.410. The zero-order valence-corrected chi connectivity index (χ0v) is 11.5. The van der Waals surface area contributed by atoms with Gasteiger partial charge in [0.15, 0.2) is 0 Å². The maximum Gasteiger partial charge on any atom is 0.120 e. The first-order chi connectivity index (χ1) is 9.78. The first kappa shape index (κ1) is 13.0. The molecular formula is C17H19NO2. The molecule has 2 unspecified atom stereocenters. The maximum atomic E-state index is 9.85. The monoisotopic (exact) mass is 269 g/mol. The smallest absolute Gasteiger partial charge is 0.120 e. The molecule has 20 heavy (non-hydrogen) atoms. The van der Waals surface area contributed by atoms with Crippen LogP contribution in [0.1, 0.15) is 23.5 Å². The van der Waals surface area contributed by atoms with Crippen LogP contribution in [0.25, 0.3) is 0 Å². The SMILES string of the molecule is COc1ccc(O)c(CNC2CC2c2ccccc2)c1. The maximum absolute atomic E-state index is 9.85. The Morgan fingerprint density at radius 3 is 2.75 bits per heavy atom. The molecule has 3 rings (SSSR count). The number of ether oxygens (including phenoxy) is 1. The number of nitrogens with one attached hydrogen (secondary N) is 1. The van der Waals surface area contributed by atoms with Crippen LogP contribution in [0, 0.1) is 0 Å². The van der Waals surface area contributed by atoms with Crippen molar-refractivity contribution in [3.63, 3.8) is 0 Å². The Balaban J connectivity index is 1.59. The lowest BCUT2D eigenvalue weighted by atomic mass is 10.1. The predicted octanol–water partition coefficient (Wildman–Crippen LogP) is 3.05. The van der Waals surface area contributed by atoms with Gasteiger partial charge in [-0.2, -0.15) is 0 Å². The van der Waals surface area contributed by atoms with Gasteiger partial charge in [0.2, 0.25) is 0 Å². The van der Waals surface area contributed by atoms with Crippen molar-refractivity contribution in [2.45, 2.75) is 24.9 Å². The van der Waals surface area contributed by atoms with Crippen LogP contribution >= 0.6 is 0 Å². The summed E-state index contributed by atoms with van der Waals surface area (Å²) in [7, 11) is 1.63. The van der Waals surface area contributed by atoms with E-state index in [1.165, 1.54) is 5.56 Å². The lowest BCUT2D eigenvalue weighted by Crippen LogP contribution is -2.17. The number of methoxy groups -OCH3 is 1. The van der Waals surface area contributed by atoms with Crippen LogP contribution in [0.5, 0.6) is 11.5 Å². The standard InChI is InChI=1S/C17H19NO2/c1-20-14-7-8-17(19)13(9-14)11-18-16-10-15(16)12-5-3-2-4-6-12/h2-9,15-16,18-19H,10-11H2,1H3. The van der Waals surface area contributed by atoms with Crippen molar-refractivity contribution in [1.82, 2.24) is 5.32 Å². The Morgan fingerprint density at radius 1 is 1.20 bits per heavy atom. The summed E-state index contributed by atoms with van der Waals surface area (Å²) in [5.41, 5.74) is 2.27. The van der Waals surface area contributed by atoms with E-state index < -0.39 is 0 Å². The molecule has 104 valence electrons. The van der Waals surface area contributed by atoms with E-state index in [0.717, 1.165) is 17.7 Å². The van der Waals surface area contributed by atoms with Crippen molar-refractivity contribution in [3.05, 3.63) is 59.7 Å². The molecule has 0 amide bonds. The summed E-state index contributed by atoms with van der Waals surface area (Å²) in [6.45, 7) is 0.664. The van der Waals surface area contributed by atoms with Gasteiger partial charge >= 0.3 is 0 Å². The summed E-state index contributed by atoms with van der Waals surface area (Å²) in [6.07, 6.45) is 1.16. The molecule has 1 fully saturated rings. The molecule has 0 spiro atoms. The van der Waals surface area contributed by atoms with Gasteiger partial charge in [0.25, 0.3) is 0 Å². The number of phenolic OH excluding ortho intramolecular Hbond substituents is 1. The number of hydrogen-bond acceptors (Lipinski definition) is 3. The van der Waals surface area contributed by atoms with E-state index in [-0.39, 0.29) is 0 Å². The first-order valence-electron chi connectivity index (χ1n) is 6.92. The van der Waals surface area contributed by atoms with Crippen LogP contribution in [0.4, 0.5) is 0 Å². The topological polar surface area (TPSA) is 41.5 Å². The molecule has 0 heterocycles. The molecule has 2 aromatic rings. The van der Waals surface area contributed by atoms with Gasteiger partial charge in [-0.05, 0) is 30.2 Å². The molecule has 1 aliphatic rings. The Morgan fingerprint density at radius 2 is 2.00 bits per heavy atom. The van der Waals surface area contributed by atoms with E-state index in [9.17, 15) is 5.11 Å². The lowest BCUT2D eigenvalue weighted by Gasteiger charge is -2.08. The third-order valence-corrected chi connectivity index (χ3v) is 3.86. The number of benzene rings is 2. The summed E-state index contributed by atoms with van der Waals surface area (Å²) in [4.78, 5) is 0. The van der Waals surface area contributed by atoms with Crippen LogP contribution in [0.3, 0.4) is 0 Å². The van der Waals surface area contributed by atoms with Crippen LogP contribution in [-0.4, -0.2) is 18.3 Å². The fraction of sp³-hybridized carbons (Fsp3) is 0.294. The normalized spacial score (nSPS) is 20.6. The average Bonchev–Trinajstić information content (AvgIpc) is 3.27. The third kappa shape index (κ3) is 2.78. The number of phenols is 1. The van der Waals surface area contributed by atoms with E-state index in [4.69, 9.17) is 4.74 Å². The second-order valence-corrected chi connectivity index (χ2v) is 5.23. The molecule has 2 atom stereocenters. The Bertz CT molecular complexity index is 583. The van der Waals surface area contributed by atoms with Crippen molar-refractivity contribution >= 4 is 0 Å². The first-order valence-corrected chi connectivity index (χ1v) is 6.92. The van der Waals surface area contributed by atoms with E-state index in [1.54, 1.807) is 19.2 Å². The van der Waals surface area contributed by atoms with Gasteiger partial charge in [0, 0.05) is 24.1 Å². The van der Waals surface area contributed by atoms with Gasteiger partial charge in [-0.3, -0.25) is 0 Å². The van der Waals surface area contributed by atoms with Crippen molar-refractivity contribution in [2.75, 3.05) is 7.11 Å². The second-order valence-electron chi connectivity index (χ2n) is 5.23. The average molecular weight is 269 g/mol. The Kier molecular flexibility index (Phi) is 3.61. The summed E-state index contributed by atoms with van der Waals surface area (Å²) >= 11 is 0. The second kappa shape index (κ2) is 5.55. The summed E-state index contributed by atoms with van der Waals surface area (Å²) in [6, 6.07) is 16.4. The van der Waals surface area contributed by atoms with Gasteiger partial charge in [-0.1, -0.05) is 30.3 Å². The number of hydrogen-bond donors (Lipinski definition) is 2. The molecule has 0 aliphatic heterocycles. The van der Waals surface area contributed by atoms with E-state index >= 15 is 0 Å². The summed E-state index contributed by atoms with van der Waals surface area (Å²) < 4.78 is 5.18. The minimum Gasteiger partial charge on any atom is -0.508 e. The zero-order valence-electron chi connectivity index (χ0n) is 11.5. The van der Waals surface area contributed by atoms with Gasteiger partial charge in [0.1, 0.15) is 11.5 Å². The highest BCUT2D eigenvalue weighted by atomic mass is 16.5. The largest absolute Gasteiger partial charge is 0.508 e. The minimum absolute atomic E-state index is 0.315. The van der Waals surface area contributed by atoms with Crippen molar-refractivity contribution in [1.29, 1.82) is 0 Å². The summed E-state index contributed by atoms with van der Waals surface area (Å²) in [5.74, 6) is 1.69. The molecule has 0 radical (unpaired) electrons. The van der Waals surface area contributed by atoms with E-state index in [0.29, 0.717) is 24.3 Å². The molecule has 2 N–H and O–H groups in total. The Labute approximate surface area is 119 Å². The quantitative estimate of drug-likeness (QED) is 0.876. The van der Waals surface area contributed by atoms with Crippen LogP contribution in [0.15, 0.2) is 48.5 Å². The fourth-order valence-corrected chi connectivity index (χ4v) is 2.56. The number of rotatable bonds is 5. The summed E-state index contributed by atoms with van der Waals surface area (Å²) in [5, 5.41) is 13.3. The van der Waals surface area contributed by atoms with Crippen molar-refractivity contribution in [3.8, 4) is 11.5 Å². The van der Waals surface area contributed by atoms with Crippen LogP contribution in [0.2, 0.25) is 0 Å². The molecule has 3 heteroatoms.